The highest BCUT2D eigenvalue weighted by Crippen LogP contribution is 2.53. The van der Waals surface area contributed by atoms with E-state index in [1.54, 1.807) is 11.8 Å². The molecule has 0 spiro atoms. The fraction of sp³-hybridized carbons (Fsp3) is 0.550. The quantitative estimate of drug-likeness (QED) is 0.0544. The first kappa shape index (κ1) is 41.4. The van der Waals surface area contributed by atoms with Crippen LogP contribution < -0.4 is 4.74 Å². The zero-order chi connectivity index (χ0) is 37.8. The molecule has 6 N–H and O–H groups in total. The molecule has 1 amide bonds. The summed E-state index contributed by atoms with van der Waals surface area (Å²) in [6.07, 6.45) is 4.71. The average molecular weight is 773 g/mol. The summed E-state index contributed by atoms with van der Waals surface area (Å²) in [5.74, 6) is 0.970. The molecule has 13 heteroatoms. The molecule has 5 rings (SSSR count). The van der Waals surface area contributed by atoms with Crippen molar-refractivity contribution in [3.63, 3.8) is 0 Å². The van der Waals surface area contributed by atoms with Gasteiger partial charge in [-0.25, -0.2) is 0 Å². The Morgan fingerprint density at radius 2 is 1.66 bits per heavy atom. The van der Waals surface area contributed by atoms with Gasteiger partial charge in [-0.1, -0.05) is 36.2 Å². The fourth-order valence-electron chi connectivity index (χ4n) is 6.27. The van der Waals surface area contributed by atoms with Crippen molar-refractivity contribution in [2.45, 2.75) is 112 Å². The topological polar surface area (TPSA) is 173 Å². The van der Waals surface area contributed by atoms with Gasteiger partial charge in [0.1, 0.15) is 24.1 Å². The summed E-state index contributed by atoms with van der Waals surface area (Å²) in [7, 11) is 0. The Balaban J connectivity index is 1.12. The number of aromatic nitrogens is 1. The lowest BCUT2D eigenvalue weighted by atomic mass is 9.96. The van der Waals surface area contributed by atoms with Crippen LogP contribution in [0.4, 0.5) is 0 Å². The Labute approximate surface area is 320 Å². The van der Waals surface area contributed by atoms with E-state index in [1.807, 2.05) is 48.8 Å². The average Bonchev–Trinajstić information content (AvgIpc) is 4.13. The number of thioether (sulfide) groups is 1. The van der Waals surface area contributed by atoms with Crippen LogP contribution in [0.25, 0.3) is 11.1 Å². The molecule has 2 aliphatic rings. The number of carbonyl (C=O) groups is 1. The van der Waals surface area contributed by atoms with Crippen LogP contribution in [0.15, 0.2) is 65.8 Å². The number of amides is 1. The summed E-state index contributed by atoms with van der Waals surface area (Å²) in [6, 6.07) is 16.2. The van der Waals surface area contributed by atoms with Crippen LogP contribution in [-0.4, -0.2) is 109 Å². The molecule has 2 aromatic carbocycles. The van der Waals surface area contributed by atoms with Crippen LogP contribution in [0, 0.1) is 0 Å². The first-order valence-corrected chi connectivity index (χ1v) is 20.0. The third-order valence-corrected chi connectivity index (χ3v) is 11.2. The SMILES string of the molecule is O=C(C(O)C(O)C(O)C(O)CO)N(CCCCCO)CCCCCSc1ccc(Cl)c(COC2(c3cnccc3-c3ccccc3OC3CC3)CC2)c1. The minimum atomic E-state index is -1.95. The van der Waals surface area contributed by atoms with E-state index in [9.17, 15) is 25.2 Å². The number of halogens is 1. The van der Waals surface area contributed by atoms with Crippen LogP contribution >= 0.6 is 23.4 Å². The van der Waals surface area contributed by atoms with Crippen LogP contribution in [0.3, 0.4) is 0 Å². The summed E-state index contributed by atoms with van der Waals surface area (Å²) in [5.41, 5.74) is 3.66. The molecule has 290 valence electrons. The van der Waals surface area contributed by atoms with Crippen molar-refractivity contribution in [3.05, 3.63) is 77.1 Å². The van der Waals surface area contributed by atoms with Gasteiger partial charge < -0.3 is 45.0 Å². The zero-order valence-corrected chi connectivity index (χ0v) is 31.6. The Bertz CT molecular complexity index is 1610. The molecule has 0 radical (unpaired) electrons. The molecule has 0 saturated heterocycles. The number of unbranched alkanes of at least 4 members (excludes halogenated alkanes) is 4. The van der Waals surface area contributed by atoms with Crippen LogP contribution in [0.2, 0.25) is 5.02 Å². The lowest BCUT2D eigenvalue weighted by molar-refractivity contribution is -0.158. The molecule has 2 fully saturated rings. The Hall–Kier alpha value is -2.78. The number of aliphatic hydroxyl groups is 6. The number of ether oxygens (including phenoxy) is 2. The number of hydrogen-bond donors (Lipinski definition) is 6. The van der Waals surface area contributed by atoms with Crippen molar-refractivity contribution in [1.82, 2.24) is 9.88 Å². The second-order valence-electron chi connectivity index (χ2n) is 14.0. The molecule has 2 aliphatic carbocycles. The first-order chi connectivity index (χ1) is 25.7. The summed E-state index contributed by atoms with van der Waals surface area (Å²) in [5, 5.41) is 59.1. The highest BCUT2D eigenvalue weighted by Gasteiger charge is 2.48. The Morgan fingerprint density at radius 3 is 2.36 bits per heavy atom. The maximum absolute atomic E-state index is 13.0. The molecule has 53 heavy (non-hydrogen) atoms. The first-order valence-electron chi connectivity index (χ1n) is 18.7. The van der Waals surface area contributed by atoms with E-state index in [0.29, 0.717) is 50.4 Å². The number of carbonyl (C=O) groups excluding carboxylic acids is 1. The number of nitrogens with zero attached hydrogens (tertiary/aromatic N) is 2. The smallest absolute Gasteiger partial charge is 0.254 e. The number of hydrogen-bond acceptors (Lipinski definition) is 11. The van der Waals surface area contributed by atoms with Crippen molar-refractivity contribution in [3.8, 4) is 16.9 Å². The number of rotatable bonds is 24. The second kappa shape index (κ2) is 20.2. The van der Waals surface area contributed by atoms with Crippen molar-refractivity contribution < 1.29 is 44.9 Å². The van der Waals surface area contributed by atoms with E-state index in [-0.39, 0.29) is 12.7 Å². The van der Waals surface area contributed by atoms with E-state index in [4.69, 9.17) is 31.3 Å². The minimum absolute atomic E-state index is 0.0410. The number of benzene rings is 2. The summed E-state index contributed by atoms with van der Waals surface area (Å²) < 4.78 is 12.9. The third kappa shape index (κ3) is 11.6. The molecular formula is C40H53ClN2O9S. The van der Waals surface area contributed by atoms with E-state index >= 15 is 0 Å². The van der Waals surface area contributed by atoms with Crippen molar-refractivity contribution in [2.75, 3.05) is 32.1 Å². The van der Waals surface area contributed by atoms with Gasteiger partial charge in [-0.3, -0.25) is 9.78 Å². The highest BCUT2D eigenvalue weighted by molar-refractivity contribution is 7.99. The number of para-hydroxylation sites is 1. The molecule has 1 aromatic heterocycles. The summed E-state index contributed by atoms with van der Waals surface area (Å²) in [6.45, 7) is 0.233. The largest absolute Gasteiger partial charge is 0.490 e. The lowest BCUT2D eigenvalue weighted by Gasteiger charge is -2.30. The van der Waals surface area contributed by atoms with Gasteiger partial charge in [0.25, 0.3) is 5.91 Å². The Morgan fingerprint density at radius 1 is 0.925 bits per heavy atom. The molecular weight excluding hydrogens is 720 g/mol. The van der Waals surface area contributed by atoms with Gasteiger partial charge in [-0.15, -0.1) is 11.8 Å². The van der Waals surface area contributed by atoms with Gasteiger partial charge in [0.15, 0.2) is 6.10 Å². The Kier molecular flexibility index (Phi) is 15.8. The minimum Gasteiger partial charge on any atom is -0.490 e. The summed E-state index contributed by atoms with van der Waals surface area (Å²) in [4.78, 5) is 20.0. The van der Waals surface area contributed by atoms with E-state index in [0.717, 1.165) is 77.2 Å². The van der Waals surface area contributed by atoms with Crippen molar-refractivity contribution in [1.29, 1.82) is 0 Å². The van der Waals surface area contributed by atoms with Crippen LogP contribution in [0.5, 0.6) is 5.75 Å². The molecule has 4 unspecified atom stereocenters. The van der Waals surface area contributed by atoms with Crippen molar-refractivity contribution >= 4 is 29.3 Å². The predicted octanol–water partition coefficient (Wildman–Crippen LogP) is 4.84. The number of aliphatic hydroxyl groups excluding tert-OH is 6. The molecule has 0 aliphatic heterocycles. The second-order valence-corrected chi connectivity index (χ2v) is 15.5. The van der Waals surface area contributed by atoms with Crippen molar-refractivity contribution in [2.24, 2.45) is 0 Å². The van der Waals surface area contributed by atoms with Gasteiger partial charge in [0, 0.05) is 53.1 Å². The lowest BCUT2D eigenvalue weighted by Crippen LogP contribution is -2.53. The summed E-state index contributed by atoms with van der Waals surface area (Å²) >= 11 is 8.37. The van der Waals surface area contributed by atoms with Crippen LogP contribution in [0.1, 0.15) is 75.3 Å². The van der Waals surface area contributed by atoms with Gasteiger partial charge in [0.2, 0.25) is 0 Å². The molecule has 3 aromatic rings. The molecule has 1 heterocycles. The molecule has 0 bridgehead atoms. The molecule has 11 nitrogen and oxygen atoms in total. The van der Waals surface area contributed by atoms with Gasteiger partial charge >= 0.3 is 0 Å². The van der Waals surface area contributed by atoms with Gasteiger partial charge in [-0.2, -0.15) is 0 Å². The standard InChI is InChI=1S/C40H53ClN2O9S/c41-33-14-13-29(53-22-8-2-6-20-43(19-5-1-7-21-44)39(50)38(49)37(48)36(47)34(46)25-45)23-27(33)26-51-40(16-17-40)32-24-42-18-15-30(32)31-9-3-4-10-35(31)52-28-11-12-28/h3-4,9-10,13-15,18,23-24,28,34,36-38,44-49H,1-2,5-8,11-12,16-17,19-22,25-26H2. The number of pyridine rings is 1. The maximum atomic E-state index is 13.0. The van der Waals surface area contributed by atoms with Crippen LogP contribution in [-0.2, 0) is 21.7 Å². The molecule has 4 atom stereocenters. The third-order valence-electron chi connectivity index (χ3n) is 9.78. The molecule has 2 saturated carbocycles. The monoisotopic (exact) mass is 772 g/mol. The maximum Gasteiger partial charge on any atom is 0.254 e. The predicted molar refractivity (Wildman–Crippen MR) is 204 cm³/mol. The van der Waals surface area contributed by atoms with E-state index < -0.39 is 42.5 Å². The highest BCUT2D eigenvalue weighted by atomic mass is 35.5. The normalized spacial score (nSPS) is 17.2. The van der Waals surface area contributed by atoms with Gasteiger partial charge in [0.05, 0.1) is 24.9 Å². The zero-order valence-electron chi connectivity index (χ0n) is 30.1. The fourth-order valence-corrected chi connectivity index (χ4v) is 7.42. The van der Waals surface area contributed by atoms with E-state index in [2.05, 4.69) is 17.1 Å². The van der Waals surface area contributed by atoms with Gasteiger partial charge in [-0.05, 0) is 105 Å². The van der Waals surface area contributed by atoms with E-state index in [1.165, 1.54) is 4.90 Å².